The number of nitrogen functional groups attached to an aromatic ring is 1. The molecule has 0 saturated carbocycles. The first kappa shape index (κ1) is 15.0. The molecule has 1 aliphatic rings. The summed E-state index contributed by atoms with van der Waals surface area (Å²) < 4.78 is 5.72. The Morgan fingerprint density at radius 2 is 2.18 bits per heavy atom. The maximum atomic E-state index is 12.5. The molecule has 0 bridgehead atoms. The first-order chi connectivity index (χ1) is 10.5. The van der Waals surface area contributed by atoms with E-state index < -0.39 is 0 Å². The lowest BCUT2D eigenvalue weighted by Crippen LogP contribution is -2.38. The first-order valence-electron chi connectivity index (χ1n) is 7.49. The molecule has 2 aromatic rings. The number of carbonyl (C=O) groups is 1. The van der Waals surface area contributed by atoms with Crippen LogP contribution in [0.1, 0.15) is 30.3 Å². The zero-order valence-corrected chi connectivity index (χ0v) is 13.3. The summed E-state index contributed by atoms with van der Waals surface area (Å²) in [5, 5.41) is 0.550. The fourth-order valence-corrected chi connectivity index (χ4v) is 3.07. The predicted molar refractivity (Wildman–Crippen MR) is 87.9 cm³/mol. The number of halogens is 1. The van der Waals surface area contributed by atoms with Crippen molar-refractivity contribution in [3.05, 3.63) is 41.1 Å². The van der Waals surface area contributed by atoms with Gasteiger partial charge in [-0.05, 0) is 49.1 Å². The van der Waals surface area contributed by atoms with Gasteiger partial charge in [0.15, 0.2) is 5.76 Å². The van der Waals surface area contributed by atoms with E-state index in [1.807, 2.05) is 4.90 Å². The first-order valence-corrected chi connectivity index (χ1v) is 7.87. The van der Waals surface area contributed by atoms with Crippen LogP contribution in [0, 0.1) is 5.92 Å². The highest BCUT2D eigenvalue weighted by Gasteiger charge is 2.24. The SMILES string of the molecule is CC1CCCN(C(=O)c2ccc(-c3cc(N)ccc3Cl)o2)C1. The number of amides is 1. The minimum Gasteiger partial charge on any atom is -0.451 e. The summed E-state index contributed by atoms with van der Waals surface area (Å²) in [6, 6.07) is 8.68. The number of rotatable bonds is 2. The number of nitrogens with zero attached hydrogens (tertiary/aromatic N) is 1. The number of piperidine rings is 1. The van der Waals surface area contributed by atoms with E-state index in [0.717, 1.165) is 19.5 Å². The number of furan rings is 1. The molecular weight excluding hydrogens is 300 g/mol. The molecule has 1 fully saturated rings. The van der Waals surface area contributed by atoms with E-state index in [0.29, 0.717) is 33.7 Å². The van der Waals surface area contributed by atoms with E-state index in [4.69, 9.17) is 21.8 Å². The Labute approximate surface area is 134 Å². The normalized spacial score (nSPS) is 18.5. The molecule has 1 unspecified atom stereocenters. The molecule has 4 nitrogen and oxygen atoms in total. The van der Waals surface area contributed by atoms with Crippen LogP contribution in [0.2, 0.25) is 5.02 Å². The summed E-state index contributed by atoms with van der Waals surface area (Å²) in [6.45, 7) is 3.74. The van der Waals surface area contributed by atoms with Crippen molar-refractivity contribution in [3.8, 4) is 11.3 Å². The highest BCUT2D eigenvalue weighted by atomic mass is 35.5. The molecule has 3 rings (SSSR count). The van der Waals surface area contributed by atoms with Crippen LogP contribution < -0.4 is 5.73 Å². The number of likely N-dealkylation sites (tertiary alicyclic amines) is 1. The van der Waals surface area contributed by atoms with Crippen molar-refractivity contribution >= 4 is 23.2 Å². The van der Waals surface area contributed by atoms with Gasteiger partial charge in [0.1, 0.15) is 5.76 Å². The zero-order chi connectivity index (χ0) is 15.7. The summed E-state index contributed by atoms with van der Waals surface area (Å²) in [5.74, 6) is 1.39. The molecule has 22 heavy (non-hydrogen) atoms. The molecule has 116 valence electrons. The Hall–Kier alpha value is -1.94. The Morgan fingerprint density at radius 3 is 2.95 bits per heavy atom. The van der Waals surface area contributed by atoms with Crippen molar-refractivity contribution in [1.82, 2.24) is 4.90 Å². The molecule has 1 saturated heterocycles. The average molecular weight is 319 g/mol. The largest absolute Gasteiger partial charge is 0.451 e. The number of anilines is 1. The molecule has 1 amide bonds. The summed E-state index contributed by atoms with van der Waals surface area (Å²) in [4.78, 5) is 14.4. The third kappa shape index (κ3) is 2.97. The number of hydrogen-bond donors (Lipinski definition) is 1. The van der Waals surface area contributed by atoms with Crippen LogP contribution in [-0.2, 0) is 0 Å². The van der Waals surface area contributed by atoms with Crippen LogP contribution in [0.5, 0.6) is 0 Å². The second-order valence-electron chi connectivity index (χ2n) is 5.90. The van der Waals surface area contributed by atoms with E-state index in [9.17, 15) is 4.79 Å². The van der Waals surface area contributed by atoms with Crippen molar-refractivity contribution in [2.45, 2.75) is 19.8 Å². The van der Waals surface area contributed by atoms with Crippen LogP contribution >= 0.6 is 11.6 Å². The highest BCUT2D eigenvalue weighted by molar-refractivity contribution is 6.33. The van der Waals surface area contributed by atoms with E-state index in [-0.39, 0.29) is 5.91 Å². The molecule has 0 radical (unpaired) electrons. The molecule has 5 heteroatoms. The standard InChI is InChI=1S/C17H19ClN2O2/c1-11-3-2-8-20(10-11)17(21)16-7-6-15(22-16)13-9-12(19)4-5-14(13)18/h4-7,9,11H,2-3,8,10,19H2,1H3. The van der Waals surface area contributed by atoms with Gasteiger partial charge in [-0.1, -0.05) is 18.5 Å². The monoisotopic (exact) mass is 318 g/mol. The zero-order valence-electron chi connectivity index (χ0n) is 12.5. The second kappa shape index (κ2) is 6.05. The van der Waals surface area contributed by atoms with Gasteiger partial charge in [0.05, 0.1) is 5.02 Å². The Morgan fingerprint density at radius 1 is 1.36 bits per heavy atom. The second-order valence-corrected chi connectivity index (χ2v) is 6.31. The van der Waals surface area contributed by atoms with Crippen LogP contribution in [0.4, 0.5) is 5.69 Å². The fourth-order valence-electron chi connectivity index (χ4n) is 2.86. The van der Waals surface area contributed by atoms with Crippen LogP contribution in [0.25, 0.3) is 11.3 Å². The Bertz CT molecular complexity index is 696. The van der Waals surface area contributed by atoms with Crippen LogP contribution in [0.15, 0.2) is 34.7 Å². The van der Waals surface area contributed by atoms with Crippen LogP contribution in [0.3, 0.4) is 0 Å². The van der Waals surface area contributed by atoms with E-state index in [1.165, 1.54) is 6.42 Å². The molecule has 1 aromatic heterocycles. The fraction of sp³-hybridized carbons (Fsp3) is 0.353. The van der Waals surface area contributed by atoms with Gasteiger partial charge in [-0.15, -0.1) is 0 Å². The maximum absolute atomic E-state index is 12.5. The summed E-state index contributed by atoms with van der Waals surface area (Å²) in [5.41, 5.74) is 7.09. The maximum Gasteiger partial charge on any atom is 0.289 e. The average Bonchev–Trinajstić information content (AvgIpc) is 2.98. The number of benzene rings is 1. The smallest absolute Gasteiger partial charge is 0.289 e. The third-order valence-corrected chi connectivity index (χ3v) is 4.35. The van der Waals surface area contributed by atoms with Gasteiger partial charge in [0.2, 0.25) is 0 Å². The van der Waals surface area contributed by atoms with Crippen molar-refractivity contribution in [3.63, 3.8) is 0 Å². The third-order valence-electron chi connectivity index (χ3n) is 4.02. The van der Waals surface area contributed by atoms with Gasteiger partial charge in [-0.2, -0.15) is 0 Å². The minimum atomic E-state index is -0.0576. The van der Waals surface area contributed by atoms with Gasteiger partial charge < -0.3 is 15.1 Å². The topological polar surface area (TPSA) is 59.5 Å². The van der Waals surface area contributed by atoms with Gasteiger partial charge in [0.25, 0.3) is 5.91 Å². The van der Waals surface area contributed by atoms with Crippen molar-refractivity contribution in [2.75, 3.05) is 18.8 Å². The Kier molecular flexibility index (Phi) is 4.12. The van der Waals surface area contributed by atoms with Gasteiger partial charge >= 0.3 is 0 Å². The highest BCUT2D eigenvalue weighted by Crippen LogP contribution is 2.31. The summed E-state index contributed by atoms with van der Waals surface area (Å²) in [6.07, 6.45) is 2.22. The summed E-state index contributed by atoms with van der Waals surface area (Å²) in [7, 11) is 0. The molecule has 0 spiro atoms. The molecule has 2 heterocycles. The van der Waals surface area contributed by atoms with Gasteiger partial charge in [-0.3, -0.25) is 4.79 Å². The number of hydrogen-bond acceptors (Lipinski definition) is 3. The molecule has 1 aromatic carbocycles. The Balaban J connectivity index is 1.84. The summed E-state index contributed by atoms with van der Waals surface area (Å²) >= 11 is 6.18. The van der Waals surface area contributed by atoms with Crippen molar-refractivity contribution in [2.24, 2.45) is 5.92 Å². The quantitative estimate of drug-likeness (QED) is 0.850. The van der Waals surface area contributed by atoms with Gasteiger partial charge in [-0.25, -0.2) is 0 Å². The molecule has 2 N–H and O–H groups in total. The van der Waals surface area contributed by atoms with Gasteiger partial charge in [0, 0.05) is 24.3 Å². The lowest BCUT2D eigenvalue weighted by atomic mass is 10.0. The van der Waals surface area contributed by atoms with E-state index in [1.54, 1.807) is 30.3 Å². The lowest BCUT2D eigenvalue weighted by molar-refractivity contribution is 0.0652. The number of nitrogens with two attached hydrogens (primary N) is 1. The molecule has 1 atom stereocenters. The molecule has 0 aliphatic carbocycles. The molecule has 1 aliphatic heterocycles. The number of carbonyl (C=O) groups excluding carboxylic acids is 1. The van der Waals surface area contributed by atoms with Crippen LogP contribution in [-0.4, -0.2) is 23.9 Å². The van der Waals surface area contributed by atoms with Crippen molar-refractivity contribution in [1.29, 1.82) is 0 Å². The van der Waals surface area contributed by atoms with E-state index >= 15 is 0 Å². The lowest BCUT2D eigenvalue weighted by Gasteiger charge is -2.30. The molecular formula is C17H19ClN2O2. The minimum absolute atomic E-state index is 0.0576. The van der Waals surface area contributed by atoms with Crippen molar-refractivity contribution < 1.29 is 9.21 Å². The predicted octanol–water partition coefficient (Wildman–Crippen LogP) is 4.05. The van der Waals surface area contributed by atoms with E-state index in [2.05, 4.69) is 6.92 Å².